The molecule has 0 aliphatic rings. The van der Waals surface area contributed by atoms with Crippen LogP contribution in [0.1, 0.15) is 45.4 Å². The van der Waals surface area contributed by atoms with Crippen molar-refractivity contribution in [3.8, 4) is 0 Å². The second-order valence-corrected chi connectivity index (χ2v) is 2.56. The summed E-state index contributed by atoms with van der Waals surface area (Å²) in [5, 5.41) is 8.27. The smallest absolute Gasteiger partial charge is 0.303 e. The normalized spacial score (nSPS) is 6.28. The SMILES string of the molecule is C=C.C=C.C=C.C=C.CCCCCCCC(=O)O. The summed E-state index contributed by atoms with van der Waals surface area (Å²) < 4.78 is 0. The van der Waals surface area contributed by atoms with Crippen LogP contribution in [-0.2, 0) is 4.79 Å². The van der Waals surface area contributed by atoms with E-state index in [0.29, 0.717) is 6.42 Å². The molecule has 0 aromatic carbocycles. The maximum absolute atomic E-state index is 10.0. The highest BCUT2D eigenvalue weighted by atomic mass is 16.4. The molecule has 0 saturated heterocycles. The molecule has 0 saturated carbocycles. The first-order valence-electron chi connectivity index (χ1n) is 5.99. The highest BCUT2D eigenvalue weighted by Gasteiger charge is 1.94. The predicted molar refractivity (Wildman–Crippen MR) is 86.0 cm³/mol. The Kier molecular flexibility index (Phi) is 96.8. The Bertz CT molecular complexity index is 125. The average molecular weight is 256 g/mol. The van der Waals surface area contributed by atoms with E-state index in [0.717, 1.165) is 12.8 Å². The predicted octanol–water partition coefficient (Wildman–Crippen LogP) is 5.64. The van der Waals surface area contributed by atoms with Gasteiger partial charge in [-0.15, -0.1) is 52.6 Å². The van der Waals surface area contributed by atoms with E-state index in [-0.39, 0.29) is 0 Å². The van der Waals surface area contributed by atoms with Crippen LogP contribution in [0.15, 0.2) is 52.6 Å². The van der Waals surface area contributed by atoms with Crippen LogP contribution in [-0.4, -0.2) is 11.1 Å². The van der Waals surface area contributed by atoms with Crippen LogP contribution < -0.4 is 0 Å². The molecule has 2 heteroatoms. The van der Waals surface area contributed by atoms with Gasteiger partial charge in [0.1, 0.15) is 0 Å². The molecule has 0 atom stereocenters. The molecule has 0 bridgehead atoms. The summed E-state index contributed by atoms with van der Waals surface area (Å²) in [6, 6.07) is 0. The molecule has 0 aliphatic carbocycles. The van der Waals surface area contributed by atoms with Gasteiger partial charge in [0.05, 0.1) is 0 Å². The number of unbranched alkanes of at least 4 members (excludes halogenated alkanes) is 4. The quantitative estimate of drug-likeness (QED) is 0.493. The van der Waals surface area contributed by atoms with Crippen LogP contribution in [0.25, 0.3) is 0 Å². The number of hydrogen-bond acceptors (Lipinski definition) is 1. The van der Waals surface area contributed by atoms with E-state index in [1.165, 1.54) is 19.3 Å². The molecule has 0 amide bonds. The lowest BCUT2D eigenvalue weighted by atomic mass is 10.1. The zero-order valence-electron chi connectivity index (χ0n) is 12.3. The fourth-order valence-electron chi connectivity index (χ4n) is 0.880. The number of carboxylic acids is 1. The van der Waals surface area contributed by atoms with E-state index < -0.39 is 5.97 Å². The molecule has 0 unspecified atom stereocenters. The summed E-state index contributed by atoms with van der Waals surface area (Å²) in [5.74, 6) is -0.670. The van der Waals surface area contributed by atoms with Gasteiger partial charge >= 0.3 is 5.97 Å². The topological polar surface area (TPSA) is 37.3 Å². The first kappa shape index (κ1) is 29.9. The van der Waals surface area contributed by atoms with Gasteiger partial charge in [-0.05, 0) is 6.42 Å². The Balaban J connectivity index is -0.0000000596. The second kappa shape index (κ2) is 58.2. The molecule has 0 aromatic rings. The van der Waals surface area contributed by atoms with Gasteiger partial charge in [0.15, 0.2) is 0 Å². The van der Waals surface area contributed by atoms with Crippen LogP contribution >= 0.6 is 0 Å². The molecule has 0 heterocycles. The Morgan fingerprint density at radius 2 is 1.11 bits per heavy atom. The van der Waals surface area contributed by atoms with Gasteiger partial charge in [-0.2, -0.15) is 0 Å². The van der Waals surface area contributed by atoms with Crippen molar-refractivity contribution in [2.45, 2.75) is 45.4 Å². The van der Waals surface area contributed by atoms with Crippen molar-refractivity contribution < 1.29 is 9.90 Å². The molecular formula is C16H32O2. The summed E-state index contributed by atoms with van der Waals surface area (Å²) in [6.07, 6.45) is 5.88. The van der Waals surface area contributed by atoms with Gasteiger partial charge in [-0.3, -0.25) is 4.79 Å². The van der Waals surface area contributed by atoms with Crippen molar-refractivity contribution in [1.82, 2.24) is 0 Å². The van der Waals surface area contributed by atoms with E-state index in [4.69, 9.17) is 5.11 Å². The van der Waals surface area contributed by atoms with Gasteiger partial charge in [-0.1, -0.05) is 32.6 Å². The lowest BCUT2D eigenvalue weighted by Crippen LogP contribution is -1.93. The van der Waals surface area contributed by atoms with Crippen molar-refractivity contribution in [3.05, 3.63) is 52.6 Å². The molecule has 108 valence electrons. The molecule has 0 radical (unpaired) electrons. The van der Waals surface area contributed by atoms with E-state index in [9.17, 15) is 4.79 Å². The minimum Gasteiger partial charge on any atom is -0.481 e. The van der Waals surface area contributed by atoms with Crippen molar-refractivity contribution in [2.75, 3.05) is 0 Å². The van der Waals surface area contributed by atoms with E-state index in [1.54, 1.807) is 0 Å². The number of rotatable bonds is 6. The molecule has 2 nitrogen and oxygen atoms in total. The van der Waals surface area contributed by atoms with Crippen LogP contribution in [0.2, 0.25) is 0 Å². The summed E-state index contributed by atoms with van der Waals surface area (Å²) in [6.45, 7) is 26.1. The Labute approximate surface area is 114 Å². The van der Waals surface area contributed by atoms with Gasteiger partial charge in [-0.25, -0.2) is 0 Å². The average Bonchev–Trinajstić information content (AvgIpc) is 2.47. The minimum absolute atomic E-state index is 0.337. The zero-order valence-corrected chi connectivity index (χ0v) is 12.3. The molecule has 1 N–H and O–H groups in total. The maximum Gasteiger partial charge on any atom is 0.303 e. The first-order chi connectivity index (χ1) is 8.77. The first-order valence-corrected chi connectivity index (χ1v) is 5.99. The van der Waals surface area contributed by atoms with Gasteiger partial charge in [0.25, 0.3) is 0 Å². The highest BCUT2D eigenvalue weighted by molar-refractivity contribution is 5.66. The standard InChI is InChI=1S/C8H16O2.4C2H4/c1-2-3-4-5-6-7-8(9)10;4*1-2/h2-7H2,1H3,(H,9,10);4*1-2H2. The fourth-order valence-corrected chi connectivity index (χ4v) is 0.880. The van der Waals surface area contributed by atoms with Crippen molar-refractivity contribution >= 4 is 5.97 Å². The summed E-state index contributed by atoms with van der Waals surface area (Å²) in [4.78, 5) is 10.0. The third-order valence-electron chi connectivity index (χ3n) is 1.49. The highest BCUT2D eigenvalue weighted by Crippen LogP contribution is 2.04. The van der Waals surface area contributed by atoms with Crippen LogP contribution in [0.3, 0.4) is 0 Å². The van der Waals surface area contributed by atoms with Crippen molar-refractivity contribution in [3.63, 3.8) is 0 Å². The van der Waals surface area contributed by atoms with Crippen LogP contribution in [0.4, 0.5) is 0 Å². The molecule has 0 aliphatic heterocycles. The summed E-state index contributed by atoms with van der Waals surface area (Å²) in [5.41, 5.74) is 0. The number of hydrogen-bond donors (Lipinski definition) is 1. The van der Waals surface area contributed by atoms with Gasteiger partial charge < -0.3 is 5.11 Å². The van der Waals surface area contributed by atoms with E-state index in [1.807, 2.05) is 0 Å². The fraction of sp³-hybridized carbons (Fsp3) is 0.438. The number of carbonyl (C=O) groups is 1. The van der Waals surface area contributed by atoms with Crippen molar-refractivity contribution in [2.24, 2.45) is 0 Å². The molecule has 0 fully saturated rings. The van der Waals surface area contributed by atoms with Crippen molar-refractivity contribution in [1.29, 1.82) is 0 Å². The minimum atomic E-state index is -0.670. The monoisotopic (exact) mass is 256 g/mol. The van der Waals surface area contributed by atoms with E-state index >= 15 is 0 Å². The molecule has 18 heavy (non-hydrogen) atoms. The molecule has 0 spiro atoms. The number of carboxylic acid groups (broad SMARTS) is 1. The van der Waals surface area contributed by atoms with Gasteiger partial charge in [0, 0.05) is 6.42 Å². The Morgan fingerprint density at radius 1 is 0.778 bits per heavy atom. The Hall–Kier alpha value is -1.57. The molecule has 0 rings (SSSR count). The van der Waals surface area contributed by atoms with Crippen LogP contribution in [0, 0.1) is 0 Å². The second-order valence-electron chi connectivity index (χ2n) is 2.56. The maximum atomic E-state index is 10.0. The largest absolute Gasteiger partial charge is 0.481 e. The lowest BCUT2D eigenvalue weighted by molar-refractivity contribution is -0.137. The van der Waals surface area contributed by atoms with Crippen LogP contribution in [0.5, 0.6) is 0 Å². The van der Waals surface area contributed by atoms with E-state index in [2.05, 4.69) is 59.6 Å². The molecule has 0 aromatic heterocycles. The zero-order chi connectivity index (χ0) is 15.8. The summed E-state index contributed by atoms with van der Waals surface area (Å²) >= 11 is 0. The molecular weight excluding hydrogens is 224 g/mol. The third-order valence-corrected chi connectivity index (χ3v) is 1.49. The lowest BCUT2D eigenvalue weighted by Gasteiger charge is -1.95. The summed E-state index contributed by atoms with van der Waals surface area (Å²) in [7, 11) is 0. The third kappa shape index (κ3) is 88.3. The van der Waals surface area contributed by atoms with Gasteiger partial charge in [0.2, 0.25) is 0 Å². The Morgan fingerprint density at radius 3 is 1.39 bits per heavy atom. The number of aliphatic carboxylic acids is 1.